The van der Waals surface area contributed by atoms with Crippen molar-refractivity contribution in [2.45, 2.75) is 45.3 Å². The Labute approximate surface area is 98.3 Å². The normalized spacial score (nSPS) is 22.4. The molecule has 16 heavy (non-hydrogen) atoms. The number of carbonyl (C=O) groups excluding carboxylic acids is 1. The lowest BCUT2D eigenvalue weighted by Crippen LogP contribution is -2.40. The largest absolute Gasteiger partial charge is 0.366 e. The molecule has 0 bridgehead atoms. The zero-order valence-electron chi connectivity index (χ0n) is 10.9. The molecule has 1 unspecified atom stereocenters. The highest BCUT2D eigenvalue weighted by atomic mass is 16.5. The van der Waals surface area contributed by atoms with Crippen LogP contribution in [0.1, 0.15) is 33.6 Å². The summed E-state index contributed by atoms with van der Waals surface area (Å²) in [6, 6.07) is 0.499. The molecule has 1 atom stereocenters. The highest BCUT2D eigenvalue weighted by Crippen LogP contribution is 2.13. The predicted molar refractivity (Wildman–Crippen MR) is 64.4 cm³/mol. The number of hydrogen-bond donors (Lipinski definition) is 1. The summed E-state index contributed by atoms with van der Waals surface area (Å²) in [4.78, 5) is 13.8. The Balaban J connectivity index is 2.15. The lowest BCUT2D eigenvalue weighted by atomic mass is 10.2. The number of hydrogen-bond acceptors (Lipinski definition) is 3. The second-order valence-corrected chi connectivity index (χ2v) is 5.48. The summed E-state index contributed by atoms with van der Waals surface area (Å²) in [7, 11) is 2.11. The molecule has 0 aromatic heterocycles. The minimum absolute atomic E-state index is 0.0183. The summed E-state index contributed by atoms with van der Waals surface area (Å²) in [5.41, 5.74) is -0.249. The van der Waals surface area contributed by atoms with E-state index in [0.717, 1.165) is 13.1 Å². The first-order chi connectivity index (χ1) is 7.38. The first-order valence-corrected chi connectivity index (χ1v) is 5.99. The van der Waals surface area contributed by atoms with Gasteiger partial charge in [-0.3, -0.25) is 4.79 Å². The number of amides is 1. The van der Waals surface area contributed by atoms with E-state index in [1.54, 1.807) is 0 Å². The molecule has 1 rings (SSSR count). The molecule has 4 heteroatoms. The Morgan fingerprint density at radius 2 is 2.19 bits per heavy atom. The third-order valence-electron chi connectivity index (χ3n) is 2.84. The molecular weight excluding hydrogens is 204 g/mol. The van der Waals surface area contributed by atoms with Gasteiger partial charge >= 0.3 is 0 Å². The third kappa shape index (κ3) is 4.94. The average molecular weight is 228 g/mol. The molecule has 0 saturated carbocycles. The molecule has 1 aliphatic heterocycles. The third-order valence-corrected chi connectivity index (χ3v) is 2.84. The van der Waals surface area contributed by atoms with Crippen LogP contribution in [0.3, 0.4) is 0 Å². The van der Waals surface area contributed by atoms with Crippen molar-refractivity contribution in [3.8, 4) is 0 Å². The molecule has 4 nitrogen and oxygen atoms in total. The lowest BCUT2D eigenvalue weighted by Gasteiger charge is -2.21. The minimum Gasteiger partial charge on any atom is -0.366 e. The summed E-state index contributed by atoms with van der Waals surface area (Å²) in [6.45, 7) is 7.88. The van der Waals surface area contributed by atoms with Crippen LogP contribution in [-0.2, 0) is 9.53 Å². The summed E-state index contributed by atoms with van der Waals surface area (Å²) in [5, 5.41) is 2.92. The molecule has 0 aromatic carbocycles. The molecule has 0 spiro atoms. The topological polar surface area (TPSA) is 41.6 Å². The van der Waals surface area contributed by atoms with Crippen molar-refractivity contribution < 1.29 is 9.53 Å². The summed E-state index contributed by atoms with van der Waals surface area (Å²) >= 11 is 0. The van der Waals surface area contributed by atoms with E-state index >= 15 is 0 Å². The van der Waals surface area contributed by atoms with Crippen LogP contribution in [0, 0.1) is 0 Å². The van der Waals surface area contributed by atoms with Crippen molar-refractivity contribution in [1.82, 2.24) is 10.2 Å². The van der Waals surface area contributed by atoms with Crippen molar-refractivity contribution in [2.75, 3.05) is 26.7 Å². The SMILES string of the molecule is CN1CCCC1CNC(=O)COC(C)(C)C. The van der Waals surface area contributed by atoms with E-state index in [-0.39, 0.29) is 18.1 Å². The number of likely N-dealkylation sites (tertiary alicyclic amines) is 1. The van der Waals surface area contributed by atoms with Gasteiger partial charge < -0.3 is 15.0 Å². The molecule has 0 aliphatic carbocycles. The fourth-order valence-corrected chi connectivity index (χ4v) is 1.80. The van der Waals surface area contributed by atoms with Crippen LogP contribution in [-0.4, -0.2) is 49.2 Å². The molecule has 1 N–H and O–H groups in total. The number of ether oxygens (including phenoxy) is 1. The van der Waals surface area contributed by atoms with Gasteiger partial charge in [0.2, 0.25) is 5.91 Å². The second-order valence-electron chi connectivity index (χ2n) is 5.48. The summed E-state index contributed by atoms with van der Waals surface area (Å²) in [6.07, 6.45) is 2.41. The van der Waals surface area contributed by atoms with E-state index in [4.69, 9.17) is 4.74 Å². The average Bonchev–Trinajstić information content (AvgIpc) is 2.57. The van der Waals surface area contributed by atoms with Gasteiger partial charge in [0.25, 0.3) is 0 Å². The maximum absolute atomic E-state index is 11.5. The predicted octanol–water partition coefficient (Wildman–Crippen LogP) is 1.01. The Morgan fingerprint density at radius 3 is 2.69 bits per heavy atom. The van der Waals surface area contributed by atoms with Crippen LogP contribution >= 0.6 is 0 Å². The highest BCUT2D eigenvalue weighted by Gasteiger charge is 2.21. The Kier molecular flexibility index (Phi) is 4.74. The number of likely N-dealkylation sites (N-methyl/N-ethyl adjacent to an activating group) is 1. The Hall–Kier alpha value is -0.610. The van der Waals surface area contributed by atoms with E-state index in [1.165, 1.54) is 12.8 Å². The van der Waals surface area contributed by atoms with Gasteiger partial charge in [-0.1, -0.05) is 0 Å². The van der Waals surface area contributed by atoms with Gasteiger partial charge in [0.1, 0.15) is 6.61 Å². The van der Waals surface area contributed by atoms with Gasteiger partial charge in [0.05, 0.1) is 5.60 Å². The van der Waals surface area contributed by atoms with Crippen LogP contribution in [0.5, 0.6) is 0 Å². The first kappa shape index (κ1) is 13.5. The number of nitrogens with zero attached hydrogens (tertiary/aromatic N) is 1. The maximum Gasteiger partial charge on any atom is 0.246 e. The van der Waals surface area contributed by atoms with E-state index in [1.807, 2.05) is 20.8 Å². The van der Waals surface area contributed by atoms with Crippen molar-refractivity contribution >= 4 is 5.91 Å². The van der Waals surface area contributed by atoms with E-state index in [0.29, 0.717) is 6.04 Å². The quantitative estimate of drug-likeness (QED) is 0.781. The summed E-state index contributed by atoms with van der Waals surface area (Å²) < 4.78 is 5.41. The zero-order valence-corrected chi connectivity index (χ0v) is 10.9. The molecule has 1 aliphatic rings. The van der Waals surface area contributed by atoms with Crippen molar-refractivity contribution in [3.05, 3.63) is 0 Å². The van der Waals surface area contributed by atoms with Gasteiger partial charge in [-0.25, -0.2) is 0 Å². The van der Waals surface area contributed by atoms with Gasteiger partial charge in [-0.05, 0) is 47.2 Å². The lowest BCUT2D eigenvalue weighted by molar-refractivity contribution is -0.130. The smallest absolute Gasteiger partial charge is 0.246 e. The van der Waals surface area contributed by atoms with Crippen LogP contribution < -0.4 is 5.32 Å². The van der Waals surface area contributed by atoms with Crippen molar-refractivity contribution in [1.29, 1.82) is 0 Å². The van der Waals surface area contributed by atoms with E-state index in [9.17, 15) is 4.79 Å². The number of nitrogens with one attached hydrogen (secondary N) is 1. The van der Waals surface area contributed by atoms with Crippen molar-refractivity contribution in [2.24, 2.45) is 0 Å². The Morgan fingerprint density at radius 1 is 1.50 bits per heavy atom. The second kappa shape index (κ2) is 5.64. The van der Waals surface area contributed by atoms with Crippen LogP contribution in [0.4, 0.5) is 0 Å². The maximum atomic E-state index is 11.5. The van der Waals surface area contributed by atoms with Gasteiger partial charge in [-0.15, -0.1) is 0 Å². The first-order valence-electron chi connectivity index (χ1n) is 5.99. The fourth-order valence-electron chi connectivity index (χ4n) is 1.80. The molecule has 94 valence electrons. The molecule has 1 saturated heterocycles. The van der Waals surface area contributed by atoms with Gasteiger partial charge in [0.15, 0.2) is 0 Å². The monoisotopic (exact) mass is 228 g/mol. The van der Waals surface area contributed by atoms with Crippen LogP contribution in [0.25, 0.3) is 0 Å². The van der Waals surface area contributed by atoms with Crippen molar-refractivity contribution in [3.63, 3.8) is 0 Å². The highest BCUT2D eigenvalue weighted by molar-refractivity contribution is 5.77. The fraction of sp³-hybridized carbons (Fsp3) is 0.917. The van der Waals surface area contributed by atoms with Gasteiger partial charge in [-0.2, -0.15) is 0 Å². The van der Waals surface area contributed by atoms with E-state index < -0.39 is 0 Å². The number of rotatable bonds is 4. The molecule has 0 radical (unpaired) electrons. The Bertz CT molecular complexity index is 236. The molecular formula is C12H24N2O2. The number of carbonyl (C=O) groups is 1. The van der Waals surface area contributed by atoms with Crippen LogP contribution in [0.2, 0.25) is 0 Å². The minimum atomic E-state index is -0.249. The van der Waals surface area contributed by atoms with Crippen LogP contribution in [0.15, 0.2) is 0 Å². The van der Waals surface area contributed by atoms with Gasteiger partial charge in [0, 0.05) is 12.6 Å². The molecule has 1 amide bonds. The molecule has 1 fully saturated rings. The molecule has 0 aromatic rings. The van der Waals surface area contributed by atoms with E-state index in [2.05, 4.69) is 17.3 Å². The standard InChI is InChI=1S/C12H24N2O2/c1-12(2,3)16-9-11(15)13-8-10-6-5-7-14(10)4/h10H,5-9H2,1-4H3,(H,13,15). The molecule has 1 heterocycles. The summed E-state index contributed by atoms with van der Waals surface area (Å²) in [5.74, 6) is -0.0183. The zero-order chi connectivity index (χ0) is 12.2.